The summed E-state index contributed by atoms with van der Waals surface area (Å²) in [6, 6.07) is -1.81. The van der Waals surface area contributed by atoms with E-state index in [4.69, 9.17) is 5.73 Å². The molecule has 198 valence electrons. The van der Waals surface area contributed by atoms with Crippen molar-refractivity contribution in [3.05, 3.63) is 11.6 Å². The molecule has 0 spiro atoms. The predicted molar refractivity (Wildman–Crippen MR) is 136 cm³/mol. The van der Waals surface area contributed by atoms with E-state index < -0.39 is 18.0 Å². The number of primary amides is 1. The number of nitrogens with two attached hydrogens (primary N) is 1. The second-order valence-electron chi connectivity index (χ2n) is 10.8. The van der Waals surface area contributed by atoms with E-state index in [2.05, 4.69) is 10.2 Å². The van der Waals surface area contributed by atoms with Crippen LogP contribution in [0.15, 0.2) is 11.6 Å². The van der Waals surface area contributed by atoms with Crippen molar-refractivity contribution in [2.75, 3.05) is 27.2 Å². The highest BCUT2D eigenvalue weighted by atomic mass is 16.2. The normalized spacial score (nSPS) is 23.3. The quantitative estimate of drug-likeness (QED) is 0.475. The first kappa shape index (κ1) is 28.8. The van der Waals surface area contributed by atoms with Crippen molar-refractivity contribution < 1.29 is 19.2 Å². The van der Waals surface area contributed by atoms with Crippen LogP contribution in [0.4, 0.5) is 0 Å². The molecule has 0 radical (unpaired) electrons. The molecule has 2 saturated heterocycles. The van der Waals surface area contributed by atoms with Gasteiger partial charge >= 0.3 is 0 Å². The van der Waals surface area contributed by atoms with Gasteiger partial charge in [0.15, 0.2) is 0 Å². The smallest absolute Gasteiger partial charge is 0.249 e. The molecule has 4 amide bonds. The fraction of sp³-hybridized carbons (Fsp3) is 0.769. The highest BCUT2D eigenvalue weighted by molar-refractivity contribution is 5.97. The lowest BCUT2D eigenvalue weighted by Gasteiger charge is -2.36. The van der Waals surface area contributed by atoms with Crippen molar-refractivity contribution in [1.29, 1.82) is 0 Å². The highest BCUT2D eigenvalue weighted by Gasteiger charge is 2.36. The lowest BCUT2D eigenvalue weighted by atomic mass is 9.96. The summed E-state index contributed by atoms with van der Waals surface area (Å²) in [4.78, 5) is 56.7. The van der Waals surface area contributed by atoms with Crippen LogP contribution in [0, 0.1) is 11.8 Å². The first-order valence-corrected chi connectivity index (χ1v) is 12.9. The maximum atomic E-state index is 13.6. The van der Waals surface area contributed by atoms with Crippen LogP contribution < -0.4 is 11.1 Å². The Kier molecular flexibility index (Phi) is 10.3. The average Bonchev–Trinajstić information content (AvgIpc) is 3.29. The van der Waals surface area contributed by atoms with Crippen LogP contribution in [0.3, 0.4) is 0 Å². The molecule has 4 atom stereocenters. The zero-order chi connectivity index (χ0) is 26.4. The van der Waals surface area contributed by atoms with Crippen molar-refractivity contribution in [3.8, 4) is 0 Å². The van der Waals surface area contributed by atoms with E-state index in [9.17, 15) is 19.2 Å². The van der Waals surface area contributed by atoms with Gasteiger partial charge < -0.3 is 20.9 Å². The summed E-state index contributed by atoms with van der Waals surface area (Å²) in [5.41, 5.74) is 5.96. The minimum absolute atomic E-state index is 0.0326. The number of hydrogen-bond acceptors (Lipinski definition) is 5. The molecule has 2 rings (SSSR count). The Morgan fingerprint density at radius 1 is 0.971 bits per heavy atom. The van der Waals surface area contributed by atoms with Crippen LogP contribution in [0.25, 0.3) is 0 Å². The zero-order valence-corrected chi connectivity index (χ0v) is 22.5. The molecular weight excluding hydrogens is 446 g/mol. The second kappa shape index (κ2) is 12.5. The molecule has 2 aliphatic rings. The third-order valence-corrected chi connectivity index (χ3v) is 7.38. The van der Waals surface area contributed by atoms with Gasteiger partial charge in [-0.25, -0.2) is 0 Å². The predicted octanol–water partition coefficient (Wildman–Crippen LogP) is 1.52. The van der Waals surface area contributed by atoms with Crippen LogP contribution in [0.1, 0.15) is 66.7 Å². The van der Waals surface area contributed by atoms with E-state index in [1.165, 1.54) is 4.90 Å². The number of nitrogens with zero attached hydrogens (tertiary/aromatic N) is 3. The number of hydrogen-bond donors (Lipinski definition) is 2. The summed E-state index contributed by atoms with van der Waals surface area (Å²) in [7, 11) is 3.67. The summed E-state index contributed by atoms with van der Waals surface area (Å²) < 4.78 is 0. The Morgan fingerprint density at radius 3 is 2.14 bits per heavy atom. The molecule has 9 nitrogen and oxygen atoms in total. The van der Waals surface area contributed by atoms with E-state index in [0.717, 1.165) is 32.2 Å². The van der Waals surface area contributed by atoms with Gasteiger partial charge in [-0.05, 0) is 58.0 Å². The number of amides is 4. The lowest BCUT2D eigenvalue weighted by molar-refractivity contribution is -0.139. The molecule has 0 aliphatic carbocycles. The van der Waals surface area contributed by atoms with Gasteiger partial charge in [-0.1, -0.05) is 40.2 Å². The third-order valence-electron chi connectivity index (χ3n) is 7.38. The van der Waals surface area contributed by atoms with Gasteiger partial charge in [0.05, 0.1) is 12.1 Å². The van der Waals surface area contributed by atoms with Crippen LogP contribution in [-0.4, -0.2) is 89.7 Å². The lowest BCUT2D eigenvalue weighted by Crippen LogP contribution is -2.57. The maximum absolute atomic E-state index is 13.6. The van der Waals surface area contributed by atoms with Gasteiger partial charge in [0, 0.05) is 19.2 Å². The van der Waals surface area contributed by atoms with E-state index in [0.29, 0.717) is 18.5 Å². The van der Waals surface area contributed by atoms with E-state index >= 15 is 0 Å². The number of piperidine rings is 1. The SMILES string of the molecule is C/C(=C\[C@H](C(C)C)N(C)C(=O)[C@@H](NC(=O)[C@H]1CCCCN1C)C(C)C)C(=O)N1CCC[C@H]1C(N)=O. The van der Waals surface area contributed by atoms with Crippen LogP contribution in [0.5, 0.6) is 0 Å². The molecule has 0 aromatic heterocycles. The minimum Gasteiger partial charge on any atom is -0.368 e. The van der Waals surface area contributed by atoms with E-state index in [1.54, 1.807) is 24.9 Å². The van der Waals surface area contributed by atoms with Gasteiger partial charge in [-0.3, -0.25) is 24.1 Å². The Hall–Kier alpha value is -2.42. The van der Waals surface area contributed by atoms with Crippen molar-refractivity contribution in [2.24, 2.45) is 17.6 Å². The van der Waals surface area contributed by atoms with Crippen LogP contribution >= 0.6 is 0 Å². The number of carbonyl (C=O) groups is 4. The second-order valence-corrected chi connectivity index (χ2v) is 10.8. The summed E-state index contributed by atoms with van der Waals surface area (Å²) in [5, 5.41) is 3.01. The van der Waals surface area contributed by atoms with Gasteiger partial charge in [0.2, 0.25) is 23.6 Å². The van der Waals surface area contributed by atoms with Crippen LogP contribution in [-0.2, 0) is 19.2 Å². The van der Waals surface area contributed by atoms with Crippen molar-refractivity contribution in [2.45, 2.75) is 90.9 Å². The molecule has 2 heterocycles. The van der Waals surface area contributed by atoms with Gasteiger partial charge in [0.25, 0.3) is 0 Å². The van der Waals surface area contributed by atoms with E-state index in [-0.39, 0.29) is 41.6 Å². The first-order valence-electron chi connectivity index (χ1n) is 12.9. The highest BCUT2D eigenvalue weighted by Crippen LogP contribution is 2.22. The largest absolute Gasteiger partial charge is 0.368 e. The summed E-state index contributed by atoms with van der Waals surface area (Å²) in [5.74, 6) is -1.07. The van der Waals surface area contributed by atoms with E-state index in [1.807, 2.05) is 34.7 Å². The monoisotopic (exact) mass is 491 g/mol. The maximum Gasteiger partial charge on any atom is 0.249 e. The molecule has 2 aliphatic heterocycles. The molecule has 0 aromatic rings. The standard InChI is InChI=1S/C26H45N5O4/c1-16(2)21(15-18(5)25(34)31-14-10-12-19(31)23(27)32)30(7)26(35)22(17(3)4)28-24(33)20-11-8-9-13-29(20)6/h15-17,19-22H,8-14H2,1-7H3,(H2,27,32)(H,28,33)/b18-15+/t19-,20+,21+,22-/m0/s1. The van der Waals surface area contributed by atoms with Crippen molar-refractivity contribution in [3.63, 3.8) is 0 Å². The molecule has 35 heavy (non-hydrogen) atoms. The number of nitrogens with one attached hydrogen (secondary N) is 1. The number of carbonyl (C=O) groups excluding carboxylic acids is 4. The molecule has 0 bridgehead atoms. The van der Waals surface area contributed by atoms with Gasteiger partial charge in [-0.15, -0.1) is 0 Å². The molecule has 9 heteroatoms. The molecule has 3 N–H and O–H groups in total. The third kappa shape index (κ3) is 7.06. The Morgan fingerprint density at radius 2 is 1.60 bits per heavy atom. The fourth-order valence-electron chi connectivity index (χ4n) is 5.15. The Bertz CT molecular complexity index is 825. The van der Waals surface area contributed by atoms with Gasteiger partial charge in [-0.2, -0.15) is 0 Å². The molecule has 0 saturated carbocycles. The summed E-state index contributed by atoms with van der Waals surface area (Å²) in [6.07, 6.45) is 5.99. The Balaban J connectivity index is 2.19. The molecule has 0 unspecified atom stereocenters. The minimum atomic E-state index is -0.661. The summed E-state index contributed by atoms with van der Waals surface area (Å²) in [6.45, 7) is 10.9. The average molecular weight is 492 g/mol. The Labute approximate surface area is 210 Å². The fourth-order valence-corrected chi connectivity index (χ4v) is 5.15. The number of likely N-dealkylation sites (tertiary alicyclic amines) is 2. The number of likely N-dealkylation sites (N-methyl/N-ethyl adjacent to an activating group) is 2. The number of rotatable bonds is 9. The van der Waals surface area contributed by atoms with Crippen molar-refractivity contribution in [1.82, 2.24) is 20.0 Å². The van der Waals surface area contributed by atoms with Gasteiger partial charge in [0.1, 0.15) is 12.1 Å². The topological polar surface area (TPSA) is 116 Å². The zero-order valence-electron chi connectivity index (χ0n) is 22.5. The molecular formula is C26H45N5O4. The van der Waals surface area contributed by atoms with Crippen molar-refractivity contribution >= 4 is 23.6 Å². The molecule has 0 aromatic carbocycles. The molecule has 2 fully saturated rings. The van der Waals surface area contributed by atoms with Crippen LogP contribution in [0.2, 0.25) is 0 Å². The first-order chi connectivity index (χ1) is 16.4. The summed E-state index contributed by atoms with van der Waals surface area (Å²) >= 11 is 0.